The van der Waals surface area contributed by atoms with Crippen LogP contribution in [0.4, 0.5) is 8.78 Å². The second-order valence-electron chi connectivity index (χ2n) is 12.7. The maximum absolute atomic E-state index is 14.7. The number of Topliss-reactive ketones (excluding diaryl/α,β-unsaturated/α-hetero) is 2. The fourth-order valence-corrected chi connectivity index (χ4v) is 6.89. The summed E-state index contributed by atoms with van der Waals surface area (Å²) in [6, 6.07) is 13.0. The van der Waals surface area contributed by atoms with Crippen molar-refractivity contribution in [2.45, 2.75) is 69.5 Å². The predicted molar refractivity (Wildman–Crippen MR) is 163 cm³/mol. The molecule has 3 N–H and O–H groups in total. The summed E-state index contributed by atoms with van der Waals surface area (Å²) < 4.78 is 34.7. The number of amides is 3. The Hall–Kier alpha value is -4.61. The van der Waals surface area contributed by atoms with Gasteiger partial charge in [-0.2, -0.15) is 0 Å². The normalized spacial score (nSPS) is 24.1. The first-order valence-corrected chi connectivity index (χ1v) is 15.6. The van der Waals surface area contributed by atoms with E-state index in [0.717, 1.165) is 23.3 Å². The first-order valence-electron chi connectivity index (χ1n) is 15.6. The van der Waals surface area contributed by atoms with Gasteiger partial charge in [0.25, 0.3) is 17.7 Å². The van der Waals surface area contributed by atoms with Crippen LogP contribution in [0.15, 0.2) is 54.6 Å². The summed E-state index contributed by atoms with van der Waals surface area (Å²) in [5.41, 5.74) is -0.102. The van der Waals surface area contributed by atoms with E-state index in [1.165, 1.54) is 7.11 Å². The number of aromatic nitrogens is 1. The zero-order valence-corrected chi connectivity index (χ0v) is 25.4. The summed E-state index contributed by atoms with van der Waals surface area (Å²) in [5, 5.41) is 5.80. The number of halogens is 2. The number of H-pyrrole nitrogens is 1. The van der Waals surface area contributed by atoms with Crippen molar-refractivity contribution in [3.63, 3.8) is 0 Å². The summed E-state index contributed by atoms with van der Waals surface area (Å²) in [6.07, 6.45) is 1.50. The summed E-state index contributed by atoms with van der Waals surface area (Å²) in [7, 11) is 1.49. The van der Waals surface area contributed by atoms with Crippen LogP contribution in [-0.4, -0.2) is 70.8 Å². The van der Waals surface area contributed by atoms with Gasteiger partial charge in [0.2, 0.25) is 11.7 Å². The number of benzene rings is 2. The molecule has 0 bridgehead atoms. The lowest BCUT2D eigenvalue weighted by Crippen LogP contribution is -2.54. The van der Waals surface area contributed by atoms with E-state index in [2.05, 4.69) is 15.6 Å². The van der Waals surface area contributed by atoms with Crippen LogP contribution in [0.5, 0.6) is 5.75 Å². The van der Waals surface area contributed by atoms with Crippen molar-refractivity contribution in [1.29, 1.82) is 0 Å². The minimum absolute atomic E-state index is 0.0496. The summed E-state index contributed by atoms with van der Waals surface area (Å²) in [5.74, 6) is -6.47. The third kappa shape index (κ3) is 6.00. The number of likely N-dealkylation sites (tertiary alicyclic amines) is 1. The topological polar surface area (TPSA) is 138 Å². The van der Waals surface area contributed by atoms with E-state index in [-0.39, 0.29) is 37.4 Å². The van der Waals surface area contributed by atoms with Crippen LogP contribution in [0, 0.1) is 11.3 Å². The van der Waals surface area contributed by atoms with Gasteiger partial charge in [-0.25, -0.2) is 8.78 Å². The maximum atomic E-state index is 14.7. The molecular weight excluding hydrogens is 598 g/mol. The van der Waals surface area contributed by atoms with Crippen LogP contribution in [0.25, 0.3) is 10.9 Å². The maximum Gasteiger partial charge on any atom is 0.289 e. The van der Waals surface area contributed by atoms with Crippen molar-refractivity contribution in [2.75, 3.05) is 13.7 Å². The van der Waals surface area contributed by atoms with Gasteiger partial charge >= 0.3 is 0 Å². The monoisotopic (exact) mass is 634 g/mol. The van der Waals surface area contributed by atoms with Gasteiger partial charge < -0.3 is 25.3 Å². The van der Waals surface area contributed by atoms with Gasteiger partial charge in [0.15, 0.2) is 0 Å². The molecule has 1 unspecified atom stereocenters. The largest absolute Gasteiger partial charge is 0.496 e. The van der Waals surface area contributed by atoms with E-state index in [1.54, 1.807) is 48.5 Å². The Balaban J connectivity index is 1.24. The highest BCUT2D eigenvalue weighted by Gasteiger charge is 2.75. The molecule has 242 valence electrons. The average molecular weight is 635 g/mol. The number of hydrogen-bond donors (Lipinski definition) is 3. The van der Waals surface area contributed by atoms with Gasteiger partial charge in [0, 0.05) is 42.8 Å². The lowest BCUT2D eigenvalue weighted by atomic mass is 9.82. The Labute approximate surface area is 264 Å². The molecule has 0 radical (unpaired) electrons. The molecule has 3 aromatic rings. The SMILES string of the molecule is COc1cccc2[nH]c(C(=O)N3C[C@]4(C[C@H]3C(=O)N[C@@H](CC3CCCCC3=O)C(=O)C(=O)NCc3ccccc3)CC4(F)F)cc12. The molecule has 12 heteroatoms. The molecule has 3 fully saturated rings. The highest BCUT2D eigenvalue weighted by molar-refractivity contribution is 6.38. The third-order valence-electron chi connectivity index (χ3n) is 9.64. The number of nitrogens with zero attached hydrogens (tertiary/aromatic N) is 1. The fraction of sp³-hybridized carbons (Fsp3) is 0.441. The molecule has 46 heavy (non-hydrogen) atoms. The number of methoxy groups -OCH3 is 1. The average Bonchev–Trinajstić information content (AvgIpc) is 3.38. The number of carbonyl (C=O) groups is 5. The Morgan fingerprint density at radius 1 is 1.09 bits per heavy atom. The minimum atomic E-state index is -3.05. The standard InChI is InChI=1S/C34H36F2N4O6/c1-46-28-13-7-11-23-22(28)15-25(38-23)32(45)40-19-33(18-34(33,35)36)16-26(40)30(43)39-24(14-21-10-5-6-12-27(21)41)29(42)31(44)37-17-20-8-3-2-4-9-20/h2-4,7-9,11,13,15,21,24,26,38H,5-6,10,12,14,16-19H2,1H3,(H,37,44)(H,39,43)/t21?,24-,26-,33-/m0/s1. The molecule has 3 aliphatic rings. The third-order valence-corrected chi connectivity index (χ3v) is 9.64. The Bertz CT molecular complexity index is 1690. The number of ether oxygens (including phenoxy) is 1. The van der Waals surface area contributed by atoms with Crippen LogP contribution in [0.1, 0.15) is 61.0 Å². The minimum Gasteiger partial charge on any atom is -0.496 e. The van der Waals surface area contributed by atoms with E-state index in [1.807, 2.05) is 6.07 Å². The van der Waals surface area contributed by atoms with Crippen LogP contribution in [0.3, 0.4) is 0 Å². The van der Waals surface area contributed by atoms with Crippen molar-refractivity contribution in [2.24, 2.45) is 11.3 Å². The summed E-state index contributed by atoms with van der Waals surface area (Å²) in [6.45, 7) is -0.271. The number of aromatic amines is 1. The Kier molecular flexibility index (Phi) is 8.39. The first kappa shape index (κ1) is 31.4. The van der Waals surface area contributed by atoms with E-state index >= 15 is 0 Å². The number of hydrogen-bond acceptors (Lipinski definition) is 6. The number of carbonyl (C=O) groups excluding carboxylic acids is 5. The quantitative estimate of drug-likeness (QED) is 0.289. The molecule has 2 aromatic carbocycles. The molecule has 3 amide bonds. The predicted octanol–water partition coefficient (Wildman–Crippen LogP) is 3.94. The van der Waals surface area contributed by atoms with Crippen LogP contribution >= 0.6 is 0 Å². The molecule has 2 heterocycles. The van der Waals surface area contributed by atoms with Gasteiger partial charge in [-0.3, -0.25) is 24.0 Å². The molecule has 1 aromatic heterocycles. The van der Waals surface area contributed by atoms with Crippen molar-refractivity contribution >= 4 is 40.2 Å². The van der Waals surface area contributed by atoms with Gasteiger partial charge in [0.1, 0.15) is 23.3 Å². The molecule has 1 spiro atoms. The van der Waals surface area contributed by atoms with Gasteiger partial charge in [-0.1, -0.05) is 42.8 Å². The fourth-order valence-electron chi connectivity index (χ4n) is 6.89. The van der Waals surface area contributed by atoms with Gasteiger partial charge in [-0.15, -0.1) is 0 Å². The van der Waals surface area contributed by atoms with Crippen molar-refractivity contribution in [1.82, 2.24) is 20.5 Å². The van der Waals surface area contributed by atoms with Crippen molar-refractivity contribution < 1.29 is 37.5 Å². The molecule has 4 atom stereocenters. The smallest absolute Gasteiger partial charge is 0.289 e. The van der Waals surface area contributed by atoms with E-state index in [9.17, 15) is 32.8 Å². The Morgan fingerprint density at radius 2 is 1.85 bits per heavy atom. The second-order valence-corrected chi connectivity index (χ2v) is 12.7. The van der Waals surface area contributed by atoms with Gasteiger partial charge in [-0.05, 0) is 49.4 Å². The lowest BCUT2D eigenvalue weighted by Gasteiger charge is -2.28. The zero-order valence-electron chi connectivity index (χ0n) is 25.4. The second kappa shape index (κ2) is 12.3. The highest BCUT2D eigenvalue weighted by atomic mass is 19.3. The zero-order chi connectivity index (χ0) is 32.6. The molecular formula is C34H36F2N4O6. The van der Waals surface area contributed by atoms with Crippen LogP contribution < -0.4 is 15.4 Å². The molecule has 1 aliphatic heterocycles. The Morgan fingerprint density at radius 3 is 2.54 bits per heavy atom. The molecule has 2 aliphatic carbocycles. The molecule has 2 saturated carbocycles. The van der Waals surface area contributed by atoms with Crippen molar-refractivity contribution in [3.05, 3.63) is 65.9 Å². The lowest BCUT2D eigenvalue weighted by molar-refractivity contribution is -0.141. The number of rotatable bonds is 10. The highest BCUT2D eigenvalue weighted by Crippen LogP contribution is 2.66. The molecule has 10 nitrogen and oxygen atoms in total. The van der Waals surface area contributed by atoms with E-state index in [0.29, 0.717) is 29.5 Å². The number of ketones is 2. The van der Waals surface area contributed by atoms with Crippen LogP contribution in [0.2, 0.25) is 0 Å². The number of fused-ring (bicyclic) bond motifs is 1. The van der Waals surface area contributed by atoms with Crippen LogP contribution in [-0.2, 0) is 25.7 Å². The first-order chi connectivity index (χ1) is 22.0. The van der Waals surface area contributed by atoms with Gasteiger partial charge in [0.05, 0.1) is 18.6 Å². The molecule has 1 saturated heterocycles. The number of nitrogens with one attached hydrogen (secondary N) is 3. The van der Waals surface area contributed by atoms with E-state index in [4.69, 9.17) is 4.74 Å². The summed E-state index contributed by atoms with van der Waals surface area (Å²) >= 11 is 0. The summed E-state index contributed by atoms with van der Waals surface area (Å²) in [4.78, 5) is 71.0. The number of alkyl halides is 2. The van der Waals surface area contributed by atoms with E-state index < -0.39 is 59.3 Å². The van der Waals surface area contributed by atoms with Crippen molar-refractivity contribution in [3.8, 4) is 5.75 Å². The molecule has 6 rings (SSSR count).